The molecule has 0 bridgehead atoms. The molecule has 2 aromatic rings. The summed E-state index contributed by atoms with van der Waals surface area (Å²) in [4.78, 5) is 11.8. The SMILES string of the molecule is N#Cc1ccc(NC(=O)Cc2c(F)c(F)c(F)c(F)c2F)cc1Cl. The first-order chi connectivity index (χ1) is 11.3. The largest absolute Gasteiger partial charge is 0.326 e. The minimum Gasteiger partial charge on any atom is -0.326 e. The van der Waals surface area contributed by atoms with Crippen LogP contribution < -0.4 is 5.32 Å². The number of benzene rings is 2. The van der Waals surface area contributed by atoms with E-state index in [0.29, 0.717) is 0 Å². The van der Waals surface area contributed by atoms with Gasteiger partial charge in [0.15, 0.2) is 23.3 Å². The maximum atomic E-state index is 13.5. The molecular formula is C15H6ClF5N2O. The van der Waals surface area contributed by atoms with Gasteiger partial charge in [-0.1, -0.05) is 11.6 Å². The molecule has 0 aliphatic rings. The fourth-order valence-corrected chi connectivity index (χ4v) is 2.08. The molecule has 3 nitrogen and oxygen atoms in total. The number of halogens is 6. The molecule has 0 aliphatic heterocycles. The van der Waals surface area contributed by atoms with Crippen LogP contribution in [0.5, 0.6) is 0 Å². The third kappa shape index (κ3) is 3.31. The van der Waals surface area contributed by atoms with Gasteiger partial charge in [-0.3, -0.25) is 4.79 Å². The van der Waals surface area contributed by atoms with Gasteiger partial charge >= 0.3 is 0 Å². The van der Waals surface area contributed by atoms with Gasteiger partial charge in [-0.15, -0.1) is 0 Å². The molecule has 2 rings (SSSR count). The van der Waals surface area contributed by atoms with Gasteiger partial charge in [0.2, 0.25) is 11.7 Å². The molecule has 0 spiro atoms. The highest BCUT2D eigenvalue weighted by Crippen LogP contribution is 2.24. The Labute approximate surface area is 137 Å². The van der Waals surface area contributed by atoms with E-state index in [9.17, 15) is 26.7 Å². The summed E-state index contributed by atoms with van der Waals surface area (Å²) in [7, 11) is 0. The third-order valence-corrected chi connectivity index (χ3v) is 3.32. The fourth-order valence-electron chi connectivity index (χ4n) is 1.85. The molecule has 1 amide bonds. The molecule has 24 heavy (non-hydrogen) atoms. The number of anilines is 1. The Bertz CT molecular complexity index is 850. The van der Waals surface area contributed by atoms with Crippen molar-refractivity contribution in [1.82, 2.24) is 0 Å². The van der Waals surface area contributed by atoms with Crippen LogP contribution in [0, 0.1) is 40.4 Å². The molecule has 124 valence electrons. The van der Waals surface area contributed by atoms with E-state index in [1.165, 1.54) is 18.2 Å². The first-order valence-corrected chi connectivity index (χ1v) is 6.63. The predicted octanol–water partition coefficient (Wildman–Crippen LogP) is 4.09. The van der Waals surface area contributed by atoms with Gasteiger partial charge < -0.3 is 5.32 Å². The van der Waals surface area contributed by atoms with Gasteiger partial charge in [-0.25, -0.2) is 22.0 Å². The van der Waals surface area contributed by atoms with E-state index in [1.54, 1.807) is 6.07 Å². The van der Waals surface area contributed by atoms with Crippen molar-refractivity contribution >= 4 is 23.2 Å². The van der Waals surface area contributed by atoms with Crippen molar-refractivity contribution in [3.8, 4) is 6.07 Å². The summed E-state index contributed by atoms with van der Waals surface area (Å²) in [5, 5.41) is 10.9. The van der Waals surface area contributed by atoms with Crippen LogP contribution in [0.25, 0.3) is 0 Å². The van der Waals surface area contributed by atoms with Crippen molar-refractivity contribution < 1.29 is 26.7 Å². The van der Waals surface area contributed by atoms with E-state index in [-0.39, 0.29) is 16.3 Å². The average Bonchev–Trinajstić information content (AvgIpc) is 2.55. The highest BCUT2D eigenvalue weighted by atomic mass is 35.5. The predicted molar refractivity (Wildman–Crippen MR) is 74.7 cm³/mol. The molecular weight excluding hydrogens is 355 g/mol. The number of amides is 1. The highest BCUT2D eigenvalue weighted by molar-refractivity contribution is 6.32. The highest BCUT2D eigenvalue weighted by Gasteiger charge is 2.26. The summed E-state index contributed by atoms with van der Waals surface area (Å²) in [6.45, 7) is 0. The van der Waals surface area contributed by atoms with Gasteiger partial charge in [0.05, 0.1) is 17.0 Å². The molecule has 0 atom stereocenters. The molecule has 0 aliphatic carbocycles. The van der Waals surface area contributed by atoms with E-state index in [1.807, 2.05) is 0 Å². The monoisotopic (exact) mass is 360 g/mol. The van der Waals surface area contributed by atoms with Crippen LogP contribution in [0.1, 0.15) is 11.1 Å². The van der Waals surface area contributed by atoms with Crippen molar-refractivity contribution in [3.05, 3.63) is 63.4 Å². The summed E-state index contributed by atoms with van der Waals surface area (Å²) < 4.78 is 66.1. The Kier molecular flexibility index (Phi) is 5.04. The Balaban J connectivity index is 2.25. The minimum absolute atomic E-state index is 0.0199. The molecule has 0 radical (unpaired) electrons. The standard InChI is InChI=1S/C15H6ClF5N2O/c16-9-3-7(2-1-6(9)5-22)23-10(24)4-8-11(17)13(19)15(21)14(20)12(8)18/h1-3H,4H2,(H,23,24). The molecule has 0 aromatic heterocycles. The Morgan fingerprint density at radius 1 is 1.04 bits per heavy atom. The number of carbonyl (C=O) groups excluding carboxylic acids is 1. The third-order valence-electron chi connectivity index (χ3n) is 3.01. The zero-order valence-electron chi connectivity index (χ0n) is 11.6. The van der Waals surface area contributed by atoms with Gasteiger partial charge in [0.25, 0.3) is 0 Å². The molecule has 0 heterocycles. The lowest BCUT2D eigenvalue weighted by atomic mass is 10.1. The molecule has 0 saturated heterocycles. The molecule has 1 N–H and O–H groups in total. The van der Waals surface area contributed by atoms with E-state index in [2.05, 4.69) is 5.32 Å². The smallest absolute Gasteiger partial charge is 0.229 e. The Hall–Kier alpha value is -2.66. The number of nitriles is 1. The summed E-state index contributed by atoms with van der Waals surface area (Å²) >= 11 is 5.75. The van der Waals surface area contributed by atoms with E-state index in [0.717, 1.165) is 0 Å². The Morgan fingerprint density at radius 2 is 1.58 bits per heavy atom. The van der Waals surface area contributed by atoms with E-state index >= 15 is 0 Å². The van der Waals surface area contributed by atoms with Crippen molar-refractivity contribution in [2.75, 3.05) is 5.32 Å². The zero-order valence-corrected chi connectivity index (χ0v) is 12.3. The van der Waals surface area contributed by atoms with Crippen LogP contribution in [0.2, 0.25) is 5.02 Å². The van der Waals surface area contributed by atoms with Crippen LogP contribution in [0.4, 0.5) is 27.6 Å². The van der Waals surface area contributed by atoms with Crippen LogP contribution in [0.3, 0.4) is 0 Å². The van der Waals surface area contributed by atoms with Gasteiger partial charge in [0, 0.05) is 11.3 Å². The van der Waals surface area contributed by atoms with Crippen molar-refractivity contribution in [2.24, 2.45) is 0 Å². The normalized spacial score (nSPS) is 10.4. The first-order valence-electron chi connectivity index (χ1n) is 6.26. The number of nitrogens with one attached hydrogen (secondary N) is 1. The van der Waals surface area contributed by atoms with Gasteiger partial charge in [-0.2, -0.15) is 5.26 Å². The number of hydrogen-bond acceptors (Lipinski definition) is 2. The average molecular weight is 361 g/mol. The van der Waals surface area contributed by atoms with Crippen LogP contribution in [-0.2, 0) is 11.2 Å². The van der Waals surface area contributed by atoms with Crippen molar-refractivity contribution in [3.63, 3.8) is 0 Å². The van der Waals surface area contributed by atoms with E-state index in [4.69, 9.17) is 16.9 Å². The summed E-state index contributed by atoms with van der Waals surface area (Å²) in [6, 6.07) is 5.57. The van der Waals surface area contributed by atoms with Gasteiger partial charge in [-0.05, 0) is 18.2 Å². The molecule has 9 heteroatoms. The number of hydrogen-bond donors (Lipinski definition) is 1. The zero-order chi connectivity index (χ0) is 18.0. The molecule has 0 fully saturated rings. The summed E-state index contributed by atoms with van der Waals surface area (Å²) in [5.74, 6) is -11.7. The second kappa shape index (κ2) is 6.84. The maximum absolute atomic E-state index is 13.5. The number of nitrogens with zero attached hydrogens (tertiary/aromatic N) is 1. The molecule has 0 saturated carbocycles. The Morgan fingerprint density at radius 3 is 2.08 bits per heavy atom. The number of rotatable bonds is 3. The van der Waals surface area contributed by atoms with Crippen molar-refractivity contribution in [2.45, 2.75) is 6.42 Å². The first kappa shape index (κ1) is 17.7. The lowest BCUT2D eigenvalue weighted by Gasteiger charge is -2.09. The van der Waals surface area contributed by atoms with Crippen LogP contribution in [-0.4, -0.2) is 5.91 Å². The van der Waals surface area contributed by atoms with E-state index < -0.39 is 47.0 Å². The van der Waals surface area contributed by atoms with Crippen LogP contribution in [0.15, 0.2) is 18.2 Å². The lowest BCUT2D eigenvalue weighted by Crippen LogP contribution is -2.18. The minimum atomic E-state index is -2.30. The van der Waals surface area contributed by atoms with Crippen LogP contribution >= 0.6 is 11.6 Å². The van der Waals surface area contributed by atoms with Gasteiger partial charge in [0.1, 0.15) is 6.07 Å². The second-order valence-corrected chi connectivity index (χ2v) is 4.99. The fraction of sp³-hybridized carbons (Fsp3) is 0.0667. The molecule has 2 aromatic carbocycles. The topological polar surface area (TPSA) is 52.9 Å². The molecule has 0 unspecified atom stereocenters. The summed E-state index contributed by atoms with van der Waals surface area (Å²) in [5.41, 5.74) is -1.02. The summed E-state index contributed by atoms with van der Waals surface area (Å²) in [6.07, 6.45) is -1.08. The lowest BCUT2D eigenvalue weighted by molar-refractivity contribution is -0.115. The number of carbonyl (C=O) groups is 1. The van der Waals surface area contributed by atoms with Crippen molar-refractivity contribution in [1.29, 1.82) is 5.26 Å². The quantitative estimate of drug-likeness (QED) is 0.509. The second-order valence-electron chi connectivity index (χ2n) is 4.58. The maximum Gasteiger partial charge on any atom is 0.229 e.